The Hall–Kier alpha value is -2.00. The smallest absolute Gasteiger partial charge is 0.193 e. The van der Waals surface area contributed by atoms with Gasteiger partial charge in [0, 0.05) is 16.1 Å². The van der Waals surface area contributed by atoms with Crippen LogP contribution in [0.3, 0.4) is 0 Å². The minimum absolute atomic E-state index is 0.0917. The van der Waals surface area contributed by atoms with Crippen LogP contribution in [0, 0.1) is 6.92 Å². The molecular formula is C16H15ClO3. The van der Waals surface area contributed by atoms with E-state index in [0.29, 0.717) is 27.6 Å². The normalized spacial score (nSPS) is 10.2. The number of ketones is 1. The second-order valence-electron chi connectivity index (χ2n) is 4.31. The molecule has 0 aromatic heterocycles. The number of methoxy groups -OCH3 is 2. The summed E-state index contributed by atoms with van der Waals surface area (Å²) in [6.45, 7) is 1.83. The monoisotopic (exact) mass is 290 g/mol. The predicted octanol–water partition coefficient (Wildman–Crippen LogP) is 3.90. The summed E-state index contributed by atoms with van der Waals surface area (Å²) < 4.78 is 10.4. The molecule has 0 radical (unpaired) electrons. The van der Waals surface area contributed by atoms with Gasteiger partial charge in [0.15, 0.2) is 17.3 Å². The summed E-state index contributed by atoms with van der Waals surface area (Å²) in [6, 6.07) is 10.4. The molecule has 0 aliphatic heterocycles. The average Bonchev–Trinajstić information content (AvgIpc) is 2.48. The van der Waals surface area contributed by atoms with Crippen molar-refractivity contribution in [3.05, 3.63) is 58.1 Å². The first-order chi connectivity index (χ1) is 9.58. The molecule has 2 aromatic carbocycles. The van der Waals surface area contributed by atoms with Crippen LogP contribution in [-0.2, 0) is 0 Å². The molecule has 0 atom stereocenters. The molecule has 0 saturated heterocycles. The Balaban J connectivity index is 2.46. The van der Waals surface area contributed by atoms with Gasteiger partial charge >= 0.3 is 0 Å². The van der Waals surface area contributed by atoms with E-state index in [-0.39, 0.29) is 5.78 Å². The number of ether oxygens (including phenoxy) is 2. The zero-order chi connectivity index (χ0) is 14.7. The topological polar surface area (TPSA) is 35.5 Å². The van der Waals surface area contributed by atoms with E-state index in [1.807, 2.05) is 6.92 Å². The van der Waals surface area contributed by atoms with Gasteiger partial charge in [-0.25, -0.2) is 0 Å². The molecule has 0 spiro atoms. The highest BCUT2D eigenvalue weighted by Gasteiger charge is 2.15. The highest BCUT2D eigenvalue weighted by molar-refractivity contribution is 6.32. The van der Waals surface area contributed by atoms with Crippen LogP contribution in [0.15, 0.2) is 36.4 Å². The highest BCUT2D eigenvalue weighted by atomic mass is 35.5. The molecule has 2 aromatic rings. The number of hydrogen-bond acceptors (Lipinski definition) is 3. The first-order valence-corrected chi connectivity index (χ1v) is 6.48. The van der Waals surface area contributed by atoms with E-state index in [4.69, 9.17) is 21.1 Å². The third-order valence-electron chi connectivity index (χ3n) is 3.16. The van der Waals surface area contributed by atoms with Crippen LogP contribution in [-0.4, -0.2) is 20.0 Å². The molecule has 0 heterocycles. The van der Waals surface area contributed by atoms with E-state index in [1.165, 1.54) is 7.11 Å². The van der Waals surface area contributed by atoms with Crippen LogP contribution in [0.4, 0.5) is 0 Å². The van der Waals surface area contributed by atoms with Crippen molar-refractivity contribution in [3.63, 3.8) is 0 Å². The van der Waals surface area contributed by atoms with E-state index in [9.17, 15) is 4.79 Å². The fraction of sp³-hybridized carbons (Fsp3) is 0.188. The SMILES string of the molecule is COc1ccc(C(=O)c2cccc(Cl)c2C)cc1OC. The second-order valence-corrected chi connectivity index (χ2v) is 4.72. The third kappa shape index (κ3) is 2.63. The van der Waals surface area contributed by atoms with E-state index >= 15 is 0 Å². The van der Waals surface area contributed by atoms with E-state index in [2.05, 4.69) is 0 Å². The Morgan fingerprint density at radius 1 is 1.05 bits per heavy atom. The summed E-state index contributed by atoms with van der Waals surface area (Å²) >= 11 is 6.05. The first kappa shape index (κ1) is 14.4. The molecule has 0 bridgehead atoms. The van der Waals surface area contributed by atoms with Gasteiger partial charge in [-0.15, -0.1) is 0 Å². The van der Waals surface area contributed by atoms with Crippen molar-refractivity contribution >= 4 is 17.4 Å². The molecule has 0 amide bonds. The summed E-state index contributed by atoms with van der Waals surface area (Å²) in [4.78, 5) is 12.5. The molecule has 0 N–H and O–H groups in total. The standard InChI is InChI=1S/C16H15ClO3/c1-10-12(5-4-6-13(10)17)16(18)11-7-8-14(19-2)15(9-11)20-3/h4-9H,1-3H3. The molecule has 0 fully saturated rings. The van der Waals surface area contributed by atoms with Crippen molar-refractivity contribution < 1.29 is 14.3 Å². The summed E-state index contributed by atoms with van der Waals surface area (Å²) in [5.41, 5.74) is 1.90. The minimum Gasteiger partial charge on any atom is -0.493 e. The van der Waals surface area contributed by atoms with Gasteiger partial charge in [-0.3, -0.25) is 4.79 Å². The van der Waals surface area contributed by atoms with Crippen LogP contribution >= 0.6 is 11.6 Å². The van der Waals surface area contributed by atoms with Gasteiger partial charge in [-0.1, -0.05) is 23.7 Å². The number of halogens is 1. The molecule has 2 rings (SSSR count). The molecule has 20 heavy (non-hydrogen) atoms. The van der Waals surface area contributed by atoms with Gasteiger partial charge < -0.3 is 9.47 Å². The van der Waals surface area contributed by atoms with Gasteiger partial charge in [0.2, 0.25) is 0 Å². The summed E-state index contributed by atoms with van der Waals surface area (Å²) in [5.74, 6) is 1.02. The van der Waals surface area contributed by atoms with Crippen LogP contribution in [0.5, 0.6) is 11.5 Å². The lowest BCUT2D eigenvalue weighted by Gasteiger charge is -2.10. The molecular weight excluding hydrogens is 276 g/mol. The molecule has 0 aliphatic carbocycles. The zero-order valence-electron chi connectivity index (χ0n) is 11.6. The van der Waals surface area contributed by atoms with Crippen molar-refractivity contribution in [2.24, 2.45) is 0 Å². The van der Waals surface area contributed by atoms with E-state index in [0.717, 1.165) is 5.56 Å². The zero-order valence-corrected chi connectivity index (χ0v) is 12.3. The van der Waals surface area contributed by atoms with Crippen molar-refractivity contribution in [1.82, 2.24) is 0 Å². The number of benzene rings is 2. The molecule has 4 heteroatoms. The lowest BCUT2D eigenvalue weighted by atomic mass is 9.99. The van der Waals surface area contributed by atoms with Crippen molar-refractivity contribution in [1.29, 1.82) is 0 Å². The first-order valence-electron chi connectivity index (χ1n) is 6.10. The molecule has 0 aliphatic rings. The minimum atomic E-state index is -0.0917. The van der Waals surface area contributed by atoms with Gasteiger partial charge in [0.05, 0.1) is 14.2 Å². The molecule has 0 unspecified atom stereocenters. The van der Waals surface area contributed by atoms with Gasteiger partial charge in [0.25, 0.3) is 0 Å². The summed E-state index contributed by atoms with van der Waals surface area (Å²) in [6.07, 6.45) is 0. The second kappa shape index (κ2) is 5.97. The Morgan fingerprint density at radius 2 is 1.75 bits per heavy atom. The maximum Gasteiger partial charge on any atom is 0.193 e. The molecule has 3 nitrogen and oxygen atoms in total. The number of carbonyl (C=O) groups excluding carboxylic acids is 1. The van der Waals surface area contributed by atoms with Crippen molar-refractivity contribution in [2.75, 3.05) is 14.2 Å². The molecule has 0 saturated carbocycles. The predicted molar refractivity (Wildman–Crippen MR) is 79.2 cm³/mol. The lowest BCUT2D eigenvalue weighted by Crippen LogP contribution is -2.04. The van der Waals surface area contributed by atoms with E-state index < -0.39 is 0 Å². The Kier molecular flexibility index (Phi) is 4.30. The summed E-state index contributed by atoms with van der Waals surface area (Å²) in [5, 5.41) is 0.580. The number of hydrogen-bond donors (Lipinski definition) is 0. The lowest BCUT2D eigenvalue weighted by molar-refractivity contribution is 0.103. The quantitative estimate of drug-likeness (QED) is 0.801. The summed E-state index contributed by atoms with van der Waals surface area (Å²) in [7, 11) is 3.09. The maximum atomic E-state index is 12.5. The number of carbonyl (C=O) groups is 1. The fourth-order valence-electron chi connectivity index (χ4n) is 1.99. The maximum absolute atomic E-state index is 12.5. The van der Waals surface area contributed by atoms with Gasteiger partial charge in [-0.05, 0) is 36.8 Å². The average molecular weight is 291 g/mol. The highest BCUT2D eigenvalue weighted by Crippen LogP contribution is 2.29. The largest absolute Gasteiger partial charge is 0.493 e. The molecule has 104 valence electrons. The van der Waals surface area contributed by atoms with Crippen LogP contribution < -0.4 is 9.47 Å². The Bertz CT molecular complexity index is 650. The van der Waals surface area contributed by atoms with Gasteiger partial charge in [-0.2, -0.15) is 0 Å². The third-order valence-corrected chi connectivity index (χ3v) is 3.57. The Morgan fingerprint density at radius 3 is 2.40 bits per heavy atom. The van der Waals surface area contributed by atoms with Crippen molar-refractivity contribution in [3.8, 4) is 11.5 Å². The number of rotatable bonds is 4. The van der Waals surface area contributed by atoms with Crippen LogP contribution in [0.1, 0.15) is 21.5 Å². The van der Waals surface area contributed by atoms with Crippen LogP contribution in [0.2, 0.25) is 5.02 Å². The van der Waals surface area contributed by atoms with Crippen LogP contribution in [0.25, 0.3) is 0 Å². The fourth-order valence-corrected chi connectivity index (χ4v) is 2.16. The Labute approximate surface area is 123 Å². The van der Waals surface area contributed by atoms with E-state index in [1.54, 1.807) is 43.5 Å². The van der Waals surface area contributed by atoms with Gasteiger partial charge in [0.1, 0.15) is 0 Å². The van der Waals surface area contributed by atoms with Crippen molar-refractivity contribution in [2.45, 2.75) is 6.92 Å².